The second-order valence-electron chi connectivity index (χ2n) is 10.3. The number of hydrogen-bond donors (Lipinski definition) is 3. The van der Waals surface area contributed by atoms with Crippen molar-refractivity contribution in [3.8, 4) is 5.75 Å². The number of aromatic hydroxyl groups is 1. The molecule has 8 heteroatoms. The molecule has 0 radical (unpaired) electrons. The summed E-state index contributed by atoms with van der Waals surface area (Å²) in [6, 6.07) is 13.4. The highest BCUT2D eigenvalue weighted by atomic mass is 16.5. The van der Waals surface area contributed by atoms with Crippen LogP contribution >= 0.6 is 0 Å². The van der Waals surface area contributed by atoms with E-state index >= 15 is 0 Å². The Balaban J connectivity index is 1.35. The van der Waals surface area contributed by atoms with Crippen molar-refractivity contribution in [2.24, 2.45) is 17.8 Å². The van der Waals surface area contributed by atoms with Crippen LogP contribution in [0.4, 0.5) is 5.69 Å². The fraction of sp³-hybridized carbons (Fsp3) is 0.379. The topological polar surface area (TPSA) is 107 Å². The second-order valence-corrected chi connectivity index (χ2v) is 10.3. The highest BCUT2D eigenvalue weighted by molar-refractivity contribution is 6.58. The maximum Gasteiger partial charge on any atom is 0.488 e. The summed E-state index contributed by atoms with van der Waals surface area (Å²) in [5.41, 5.74) is 5.26. The van der Waals surface area contributed by atoms with Crippen LogP contribution in [-0.4, -0.2) is 46.8 Å². The molecular formula is C29H32BNO6. The molecule has 2 saturated heterocycles. The first-order valence-electron chi connectivity index (χ1n) is 12.9. The zero-order valence-corrected chi connectivity index (χ0v) is 21.1. The molecule has 4 atom stereocenters. The Hall–Kier alpha value is -3.20. The van der Waals surface area contributed by atoms with Crippen LogP contribution in [0.1, 0.15) is 45.1 Å². The summed E-state index contributed by atoms with van der Waals surface area (Å²) in [5, 5.41) is 28.6. The van der Waals surface area contributed by atoms with Crippen molar-refractivity contribution in [1.82, 2.24) is 0 Å². The average molecular weight is 501 g/mol. The quantitative estimate of drug-likeness (QED) is 0.306. The maximum atomic E-state index is 13.6. The van der Waals surface area contributed by atoms with Crippen LogP contribution < -0.4 is 10.4 Å². The zero-order chi connectivity index (χ0) is 26.3. The van der Waals surface area contributed by atoms with Gasteiger partial charge in [0, 0.05) is 5.92 Å². The number of carbonyl (C=O) groups is 2. The van der Waals surface area contributed by atoms with Crippen LogP contribution in [-0.2, 0) is 14.3 Å². The van der Waals surface area contributed by atoms with Crippen LogP contribution in [0.3, 0.4) is 0 Å². The number of imide groups is 1. The number of nitrogens with zero attached hydrogens (tertiary/aromatic N) is 1. The number of phenols is 1. The van der Waals surface area contributed by atoms with Crippen molar-refractivity contribution in [3.63, 3.8) is 0 Å². The van der Waals surface area contributed by atoms with Gasteiger partial charge in [-0.25, -0.2) is 0 Å². The van der Waals surface area contributed by atoms with Gasteiger partial charge in [0.1, 0.15) is 5.75 Å². The Morgan fingerprint density at radius 2 is 1.86 bits per heavy atom. The number of anilines is 1. The molecule has 7 nitrogen and oxygen atoms in total. The number of hydrogen-bond acceptors (Lipinski definition) is 6. The van der Waals surface area contributed by atoms with E-state index in [1.165, 1.54) is 27.7 Å². The molecule has 5 rings (SSSR count). The predicted molar refractivity (Wildman–Crippen MR) is 142 cm³/mol. The third kappa shape index (κ3) is 4.77. The van der Waals surface area contributed by atoms with Gasteiger partial charge in [0.05, 0.1) is 30.2 Å². The molecule has 2 aliphatic heterocycles. The Morgan fingerprint density at radius 1 is 1.11 bits per heavy atom. The number of fused-ring (bicyclic) bond motifs is 3. The third-order valence-corrected chi connectivity index (χ3v) is 7.97. The first-order valence-corrected chi connectivity index (χ1v) is 12.9. The Kier molecular flexibility index (Phi) is 7.07. The molecule has 2 amide bonds. The fourth-order valence-electron chi connectivity index (χ4n) is 6.18. The van der Waals surface area contributed by atoms with Crippen molar-refractivity contribution < 1.29 is 29.5 Å². The number of rotatable bonds is 7. The molecule has 0 unspecified atom stereocenters. The lowest BCUT2D eigenvalue weighted by atomic mass is 9.69. The standard InChI is InChI=1S/C29H32BNO6/c1-3-19-14-23-27(29(34)31(28(23)33)21-6-4-5-20(15-21)30(35)36)24-16-37-25(26(19)24)12-7-17(2)13-18-8-10-22(32)11-9-18/h4-6,8-11,13,15,23-25,27,32,35-36H,3,7,12,14,16H2,1-2H3/b17-13+/t23-,24+,25-,27-/m1/s1. The molecule has 2 fully saturated rings. The largest absolute Gasteiger partial charge is 0.508 e. The van der Waals surface area contributed by atoms with Gasteiger partial charge in [-0.3, -0.25) is 14.5 Å². The molecule has 0 spiro atoms. The lowest BCUT2D eigenvalue weighted by Crippen LogP contribution is -2.35. The second kappa shape index (κ2) is 10.3. The number of allylic oxidation sites excluding steroid dienone is 2. The van der Waals surface area contributed by atoms with Crippen LogP contribution in [0, 0.1) is 17.8 Å². The molecule has 2 aromatic carbocycles. The van der Waals surface area contributed by atoms with E-state index in [4.69, 9.17) is 4.74 Å². The van der Waals surface area contributed by atoms with E-state index in [9.17, 15) is 24.7 Å². The highest BCUT2D eigenvalue weighted by Crippen LogP contribution is 2.51. The number of benzene rings is 2. The molecule has 37 heavy (non-hydrogen) atoms. The summed E-state index contributed by atoms with van der Waals surface area (Å²) >= 11 is 0. The van der Waals surface area contributed by atoms with E-state index in [0.717, 1.165) is 24.8 Å². The molecule has 0 bridgehead atoms. The first-order chi connectivity index (χ1) is 17.8. The number of amides is 2. The molecular weight excluding hydrogens is 469 g/mol. The Morgan fingerprint density at radius 3 is 2.57 bits per heavy atom. The minimum atomic E-state index is -1.68. The molecule has 2 heterocycles. The van der Waals surface area contributed by atoms with E-state index in [0.29, 0.717) is 18.7 Å². The van der Waals surface area contributed by atoms with Crippen molar-refractivity contribution >= 4 is 36.2 Å². The van der Waals surface area contributed by atoms with Gasteiger partial charge in [0.15, 0.2) is 0 Å². The SMILES string of the molecule is CCC1=C2[C@@H](CC/C(C)=C/c3ccc(O)cc3)OC[C@@H]2[C@@H]2C(=O)N(c3cccc(B(O)O)c3)C(=O)[C@@H]2C1. The minimum Gasteiger partial charge on any atom is -0.508 e. The van der Waals surface area contributed by atoms with E-state index < -0.39 is 19.0 Å². The summed E-state index contributed by atoms with van der Waals surface area (Å²) < 4.78 is 6.27. The molecule has 1 aliphatic carbocycles. The van der Waals surface area contributed by atoms with Crippen molar-refractivity contribution in [2.75, 3.05) is 11.5 Å². The van der Waals surface area contributed by atoms with E-state index in [1.54, 1.807) is 30.3 Å². The van der Waals surface area contributed by atoms with E-state index in [-0.39, 0.29) is 35.0 Å². The van der Waals surface area contributed by atoms with E-state index in [2.05, 4.69) is 19.9 Å². The number of ether oxygens (including phenoxy) is 1. The monoisotopic (exact) mass is 501 g/mol. The molecule has 2 aromatic rings. The van der Waals surface area contributed by atoms with Gasteiger partial charge in [-0.2, -0.15) is 0 Å². The molecule has 3 aliphatic rings. The fourth-order valence-corrected chi connectivity index (χ4v) is 6.18. The summed E-state index contributed by atoms with van der Waals surface area (Å²) in [6.07, 6.45) is 5.03. The van der Waals surface area contributed by atoms with Gasteiger partial charge in [0.2, 0.25) is 11.8 Å². The van der Waals surface area contributed by atoms with Crippen molar-refractivity contribution in [1.29, 1.82) is 0 Å². The number of carbonyl (C=O) groups excluding carboxylic acids is 2. The summed E-state index contributed by atoms with van der Waals surface area (Å²) in [5.74, 6) is -1.21. The van der Waals surface area contributed by atoms with Crippen LogP contribution in [0.25, 0.3) is 6.08 Å². The van der Waals surface area contributed by atoms with Crippen LogP contribution in [0.15, 0.2) is 65.3 Å². The van der Waals surface area contributed by atoms with Gasteiger partial charge in [0.25, 0.3) is 0 Å². The van der Waals surface area contributed by atoms with Crippen LogP contribution in [0.2, 0.25) is 0 Å². The maximum absolute atomic E-state index is 13.6. The van der Waals surface area contributed by atoms with Gasteiger partial charge < -0.3 is 19.9 Å². The third-order valence-electron chi connectivity index (χ3n) is 7.97. The van der Waals surface area contributed by atoms with Gasteiger partial charge in [-0.15, -0.1) is 0 Å². The minimum absolute atomic E-state index is 0.0751. The predicted octanol–water partition coefficient (Wildman–Crippen LogP) is 3.19. The molecule has 3 N–H and O–H groups in total. The van der Waals surface area contributed by atoms with Gasteiger partial charge >= 0.3 is 7.12 Å². The van der Waals surface area contributed by atoms with Crippen molar-refractivity contribution in [3.05, 3.63) is 70.8 Å². The number of phenolic OH excluding ortho intramolecular Hbond substituents is 1. The van der Waals surface area contributed by atoms with Gasteiger partial charge in [-0.05, 0) is 73.5 Å². The molecule has 192 valence electrons. The Bertz CT molecular complexity index is 1270. The smallest absolute Gasteiger partial charge is 0.488 e. The van der Waals surface area contributed by atoms with Crippen LogP contribution in [0.5, 0.6) is 5.75 Å². The normalized spacial score (nSPS) is 25.5. The lowest BCUT2D eigenvalue weighted by molar-refractivity contribution is -0.122. The summed E-state index contributed by atoms with van der Waals surface area (Å²) in [4.78, 5) is 28.3. The summed E-state index contributed by atoms with van der Waals surface area (Å²) in [6.45, 7) is 4.60. The first kappa shape index (κ1) is 25.5. The average Bonchev–Trinajstić information content (AvgIpc) is 3.42. The lowest BCUT2D eigenvalue weighted by Gasteiger charge is -2.31. The molecule has 0 aromatic heterocycles. The van der Waals surface area contributed by atoms with Crippen molar-refractivity contribution in [2.45, 2.75) is 45.6 Å². The van der Waals surface area contributed by atoms with Gasteiger partial charge in [-0.1, -0.05) is 48.4 Å². The van der Waals surface area contributed by atoms with E-state index in [1.807, 2.05) is 12.1 Å². The molecule has 0 saturated carbocycles. The Labute approximate surface area is 217 Å². The summed E-state index contributed by atoms with van der Waals surface area (Å²) in [7, 11) is -1.68. The highest BCUT2D eigenvalue weighted by Gasteiger charge is 2.57. The zero-order valence-electron chi connectivity index (χ0n) is 21.1.